The molecule has 1 heterocycles. The van der Waals surface area contributed by atoms with Crippen LogP contribution in [0.2, 0.25) is 0 Å². The zero-order valence-electron chi connectivity index (χ0n) is 19.3. The van der Waals surface area contributed by atoms with E-state index in [4.69, 9.17) is 4.74 Å². The Hall–Kier alpha value is -2.33. The number of carbonyl (C=O) groups is 1. The average molecular weight is 409 g/mol. The second-order valence-corrected chi connectivity index (χ2v) is 9.92. The van der Waals surface area contributed by atoms with Gasteiger partial charge in [0, 0.05) is 30.9 Å². The molecule has 2 aromatic rings. The molecule has 0 unspecified atom stereocenters. The van der Waals surface area contributed by atoms with Crippen LogP contribution in [0.25, 0.3) is 0 Å². The molecule has 0 radical (unpaired) electrons. The predicted molar refractivity (Wildman–Crippen MR) is 125 cm³/mol. The highest BCUT2D eigenvalue weighted by molar-refractivity contribution is 5.93. The molecular formula is C26H36N2O2. The number of hydrogen-bond acceptors (Lipinski definition) is 3. The van der Waals surface area contributed by atoms with Crippen LogP contribution < -0.4 is 10.2 Å². The number of rotatable bonds is 4. The van der Waals surface area contributed by atoms with Gasteiger partial charge in [-0.2, -0.15) is 0 Å². The van der Waals surface area contributed by atoms with Crippen LogP contribution in [0.15, 0.2) is 42.5 Å². The van der Waals surface area contributed by atoms with Crippen molar-refractivity contribution in [2.24, 2.45) is 5.41 Å². The maximum atomic E-state index is 12.4. The first kappa shape index (κ1) is 22.4. The van der Waals surface area contributed by atoms with Gasteiger partial charge in [0.25, 0.3) is 0 Å². The van der Waals surface area contributed by atoms with Gasteiger partial charge in [-0.05, 0) is 61.4 Å². The Kier molecular flexibility index (Phi) is 6.56. The van der Waals surface area contributed by atoms with E-state index in [-0.39, 0.29) is 16.9 Å². The number of nitrogens with zero attached hydrogens (tertiary/aromatic N) is 1. The second kappa shape index (κ2) is 8.81. The lowest BCUT2D eigenvalue weighted by Crippen LogP contribution is -2.28. The Morgan fingerprint density at radius 2 is 1.73 bits per heavy atom. The van der Waals surface area contributed by atoms with Crippen molar-refractivity contribution in [3.05, 3.63) is 59.2 Å². The molecule has 4 heteroatoms. The third-order valence-corrected chi connectivity index (χ3v) is 5.86. The molecule has 1 N–H and O–H groups in total. The van der Waals surface area contributed by atoms with E-state index in [2.05, 4.69) is 88.2 Å². The molecule has 0 saturated carbocycles. The monoisotopic (exact) mass is 408 g/mol. The predicted octanol–water partition coefficient (Wildman–Crippen LogP) is 5.82. The van der Waals surface area contributed by atoms with Gasteiger partial charge in [-0.15, -0.1) is 0 Å². The summed E-state index contributed by atoms with van der Waals surface area (Å²) in [6.07, 6.45) is 1.44. The van der Waals surface area contributed by atoms with E-state index in [0.717, 1.165) is 36.3 Å². The maximum absolute atomic E-state index is 12.4. The Bertz CT molecular complexity index is 863. The van der Waals surface area contributed by atoms with E-state index < -0.39 is 0 Å². The lowest BCUT2D eigenvalue weighted by Gasteiger charge is -2.29. The number of amides is 1. The zero-order valence-corrected chi connectivity index (χ0v) is 19.3. The maximum Gasteiger partial charge on any atom is 0.224 e. The molecule has 1 fully saturated rings. The molecule has 1 atom stereocenters. The van der Waals surface area contributed by atoms with E-state index in [1.165, 1.54) is 11.3 Å². The van der Waals surface area contributed by atoms with Crippen LogP contribution in [0, 0.1) is 19.3 Å². The molecule has 1 amide bonds. The Morgan fingerprint density at radius 1 is 1.10 bits per heavy atom. The molecule has 0 bridgehead atoms. The summed E-state index contributed by atoms with van der Waals surface area (Å²) in [5, 5.41) is 3.13. The van der Waals surface area contributed by atoms with Crippen molar-refractivity contribution in [2.75, 3.05) is 29.9 Å². The minimum Gasteiger partial charge on any atom is -0.369 e. The number of anilines is 2. The average Bonchev–Trinajstić information content (AvgIpc) is 2.87. The van der Waals surface area contributed by atoms with E-state index >= 15 is 0 Å². The Labute approximate surface area is 181 Å². The van der Waals surface area contributed by atoms with Gasteiger partial charge in [0.1, 0.15) is 0 Å². The van der Waals surface area contributed by atoms with Crippen LogP contribution in [0.1, 0.15) is 57.2 Å². The molecule has 1 saturated heterocycles. The SMILES string of the molecule is Cc1cc(N2CCO[C@@](C)(c3ccccc3)CC2)cc(C)c1NC(=O)CC(C)(C)C. The molecule has 0 aliphatic carbocycles. The van der Waals surface area contributed by atoms with Crippen molar-refractivity contribution in [2.45, 2.75) is 60.0 Å². The van der Waals surface area contributed by atoms with Crippen molar-refractivity contribution >= 4 is 17.3 Å². The fraction of sp³-hybridized carbons (Fsp3) is 0.500. The van der Waals surface area contributed by atoms with Crippen LogP contribution in [0.3, 0.4) is 0 Å². The van der Waals surface area contributed by atoms with Crippen LogP contribution >= 0.6 is 0 Å². The number of hydrogen-bond donors (Lipinski definition) is 1. The number of nitrogens with one attached hydrogen (secondary N) is 1. The fourth-order valence-corrected chi connectivity index (χ4v) is 4.18. The summed E-state index contributed by atoms with van der Waals surface area (Å²) < 4.78 is 6.31. The summed E-state index contributed by atoms with van der Waals surface area (Å²) in [4.78, 5) is 14.8. The van der Waals surface area contributed by atoms with Gasteiger partial charge in [0.2, 0.25) is 5.91 Å². The number of benzene rings is 2. The molecule has 2 aromatic carbocycles. The third-order valence-electron chi connectivity index (χ3n) is 5.86. The van der Waals surface area contributed by atoms with Gasteiger partial charge in [0.05, 0.1) is 12.2 Å². The molecule has 30 heavy (non-hydrogen) atoms. The Balaban J connectivity index is 1.74. The minimum atomic E-state index is -0.263. The minimum absolute atomic E-state index is 0.0245. The number of aryl methyl sites for hydroxylation is 2. The van der Waals surface area contributed by atoms with Gasteiger partial charge in [-0.1, -0.05) is 51.1 Å². The van der Waals surface area contributed by atoms with Crippen molar-refractivity contribution in [1.82, 2.24) is 0 Å². The van der Waals surface area contributed by atoms with E-state index in [1.54, 1.807) is 0 Å². The molecule has 3 rings (SSSR count). The van der Waals surface area contributed by atoms with Crippen LogP contribution in [-0.2, 0) is 15.1 Å². The summed E-state index contributed by atoms with van der Waals surface area (Å²) in [5.74, 6) is 0.0725. The van der Waals surface area contributed by atoms with E-state index in [0.29, 0.717) is 13.0 Å². The van der Waals surface area contributed by atoms with Crippen molar-refractivity contribution in [1.29, 1.82) is 0 Å². The molecule has 1 aliphatic rings. The third kappa shape index (κ3) is 5.42. The standard InChI is InChI=1S/C26H36N2O2/c1-19-16-22(17-20(2)24(19)27-23(29)18-25(3,4)5)28-13-12-26(6,30-15-14-28)21-10-8-7-9-11-21/h7-11,16-17H,12-15,18H2,1-6H3,(H,27,29)/t26-/m1/s1. The molecule has 0 aromatic heterocycles. The largest absolute Gasteiger partial charge is 0.369 e. The first-order chi connectivity index (χ1) is 14.1. The zero-order chi connectivity index (χ0) is 21.9. The van der Waals surface area contributed by atoms with Gasteiger partial charge >= 0.3 is 0 Å². The normalized spacial score (nSPS) is 20.0. The van der Waals surface area contributed by atoms with Gasteiger partial charge in [-0.25, -0.2) is 0 Å². The number of carbonyl (C=O) groups excluding carboxylic acids is 1. The summed E-state index contributed by atoms with van der Waals surface area (Å²) in [6.45, 7) is 15.1. The lowest BCUT2D eigenvalue weighted by atomic mass is 9.91. The van der Waals surface area contributed by atoms with Crippen LogP contribution in [0.5, 0.6) is 0 Å². The summed E-state index contributed by atoms with van der Waals surface area (Å²) in [5.41, 5.74) is 5.28. The van der Waals surface area contributed by atoms with E-state index in [1.807, 2.05) is 6.07 Å². The first-order valence-corrected chi connectivity index (χ1v) is 10.9. The molecule has 162 valence electrons. The molecule has 4 nitrogen and oxygen atoms in total. The second-order valence-electron chi connectivity index (χ2n) is 9.92. The molecular weight excluding hydrogens is 372 g/mol. The highest BCUT2D eigenvalue weighted by Gasteiger charge is 2.31. The van der Waals surface area contributed by atoms with Crippen molar-refractivity contribution < 1.29 is 9.53 Å². The smallest absolute Gasteiger partial charge is 0.224 e. The van der Waals surface area contributed by atoms with Gasteiger partial charge in [-0.3, -0.25) is 4.79 Å². The quantitative estimate of drug-likeness (QED) is 0.693. The van der Waals surface area contributed by atoms with Crippen LogP contribution in [-0.4, -0.2) is 25.6 Å². The summed E-state index contributed by atoms with van der Waals surface area (Å²) in [6, 6.07) is 14.9. The van der Waals surface area contributed by atoms with Crippen molar-refractivity contribution in [3.63, 3.8) is 0 Å². The molecule has 1 aliphatic heterocycles. The summed E-state index contributed by atoms with van der Waals surface area (Å²) >= 11 is 0. The van der Waals surface area contributed by atoms with E-state index in [9.17, 15) is 4.79 Å². The summed E-state index contributed by atoms with van der Waals surface area (Å²) in [7, 11) is 0. The number of ether oxygens (including phenoxy) is 1. The van der Waals surface area contributed by atoms with Crippen LogP contribution in [0.4, 0.5) is 11.4 Å². The van der Waals surface area contributed by atoms with Crippen molar-refractivity contribution in [3.8, 4) is 0 Å². The van der Waals surface area contributed by atoms with Gasteiger partial charge in [0.15, 0.2) is 0 Å². The first-order valence-electron chi connectivity index (χ1n) is 10.9. The Morgan fingerprint density at radius 3 is 2.33 bits per heavy atom. The highest BCUT2D eigenvalue weighted by atomic mass is 16.5. The lowest BCUT2D eigenvalue weighted by molar-refractivity contribution is -0.117. The fourth-order valence-electron chi connectivity index (χ4n) is 4.18. The highest BCUT2D eigenvalue weighted by Crippen LogP contribution is 2.34. The molecule has 0 spiro atoms. The topological polar surface area (TPSA) is 41.6 Å². The van der Waals surface area contributed by atoms with Gasteiger partial charge < -0.3 is 15.0 Å².